The Morgan fingerprint density at radius 3 is 2.62 bits per heavy atom. The molecule has 1 atom stereocenters. The van der Waals surface area contributed by atoms with Crippen LogP contribution in [0.3, 0.4) is 0 Å². The highest BCUT2D eigenvalue weighted by Crippen LogP contribution is 2.24. The molecule has 0 aliphatic carbocycles. The normalized spacial score (nSPS) is 12.2. The zero-order chi connectivity index (χ0) is 21.0. The van der Waals surface area contributed by atoms with Crippen LogP contribution in [0.2, 0.25) is 0 Å². The molecule has 3 rings (SSSR count). The van der Waals surface area contributed by atoms with Gasteiger partial charge in [-0.15, -0.1) is 0 Å². The maximum absolute atomic E-state index is 14.1. The van der Waals surface area contributed by atoms with Crippen LogP contribution >= 0.6 is 0 Å². The molecule has 0 bridgehead atoms. The Bertz CT molecular complexity index is 988. The van der Waals surface area contributed by atoms with Gasteiger partial charge in [0, 0.05) is 42.6 Å². The first kappa shape index (κ1) is 21.0. The fraction of sp³-hybridized carbons (Fsp3) is 0.318. The van der Waals surface area contributed by atoms with Crippen LogP contribution in [0.4, 0.5) is 8.78 Å². The zero-order valence-electron chi connectivity index (χ0n) is 17.0. The summed E-state index contributed by atoms with van der Waals surface area (Å²) in [7, 11) is 3.29. The number of rotatable bonds is 8. The van der Waals surface area contributed by atoms with Crippen molar-refractivity contribution in [3.05, 3.63) is 76.6 Å². The van der Waals surface area contributed by atoms with Crippen molar-refractivity contribution >= 4 is 0 Å². The van der Waals surface area contributed by atoms with Gasteiger partial charge in [-0.2, -0.15) is 5.10 Å². The predicted octanol–water partition coefficient (Wildman–Crippen LogP) is 4.46. The van der Waals surface area contributed by atoms with E-state index < -0.39 is 11.6 Å². The summed E-state index contributed by atoms with van der Waals surface area (Å²) in [5.74, 6) is -0.465. The van der Waals surface area contributed by atoms with E-state index in [4.69, 9.17) is 9.47 Å². The summed E-state index contributed by atoms with van der Waals surface area (Å²) in [5, 5.41) is 7.76. The summed E-state index contributed by atoms with van der Waals surface area (Å²) in [6.45, 7) is 5.00. The van der Waals surface area contributed by atoms with Gasteiger partial charge in [0.2, 0.25) is 0 Å². The summed E-state index contributed by atoms with van der Waals surface area (Å²) in [6, 6.07) is 9.44. The molecule has 2 aromatic carbocycles. The van der Waals surface area contributed by atoms with Gasteiger partial charge in [0.05, 0.1) is 19.9 Å². The van der Waals surface area contributed by atoms with Crippen LogP contribution < -0.4 is 10.1 Å². The maximum Gasteiger partial charge on any atom is 0.151 e. The van der Waals surface area contributed by atoms with E-state index in [1.54, 1.807) is 20.4 Å². The molecule has 29 heavy (non-hydrogen) atoms. The molecule has 0 saturated heterocycles. The lowest BCUT2D eigenvalue weighted by Crippen LogP contribution is -2.19. The largest absolute Gasteiger partial charge is 0.496 e. The molecule has 0 aliphatic heterocycles. The van der Waals surface area contributed by atoms with E-state index in [0.29, 0.717) is 13.2 Å². The van der Waals surface area contributed by atoms with Gasteiger partial charge < -0.3 is 14.8 Å². The fourth-order valence-corrected chi connectivity index (χ4v) is 3.33. The fourth-order valence-electron chi connectivity index (χ4n) is 3.33. The lowest BCUT2D eigenvalue weighted by Gasteiger charge is -2.16. The first-order valence-electron chi connectivity index (χ1n) is 9.32. The van der Waals surface area contributed by atoms with Gasteiger partial charge in [0.25, 0.3) is 0 Å². The Labute approximate surface area is 169 Å². The Morgan fingerprint density at radius 2 is 1.93 bits per heavy atom. The Kier molecular flexibility index (Phi) is 6.61. The Balaban J connectivity index is 1.74. The molecule has 1 heterocycles. The van der Waals surface area contributed by atoms with Crippen molar-refractivity contribution in [2.24, 2.45) is 0 Å². The quantitative estimate of drug-likeness (QED) is 0.605. The topological polar surface area (TPSA) is 48.3 Å². The number of nitrogens with zero attached hydrogens (tertiary/aromatic N) is 2. The number of halogens is 2. The third-order valence-corrected chi connectivity index (χ3v) is 4.91. The number of ether oxygens (including phenoxy) is 2. The van der Waals surface area contributed by atoms with Gasteiger partial charge >= 0.3 is 0 Å². The highest BCUT2D eigenvalue weighted by atomic mass is 19.1. The maximum atomic E-state index is 14.1. The molecule has 0 radical (unpaired) electrons. The molecule has 0 spiro atoms. The van der Waals surface area contributed by atoms with Crippen LogP contribution in [0, 0.1) is 18.6 Å². The lowest BCUT2D eigenvalue weighted by molar-refractivity contribution is 0.181. The van der Waals surface area contributed by atoms with E-state index in [2.05, 4.69) is 10.4 Å². The highest BCUT2D eigenvalue weighted by Gasteiger charge is 2.16. The first-order valence-corrected chi connectivity index (χ1v) is 9.32. The van der Waals surface area contributed by atoms with Crippen LogP contribution in [0.25, 0.3) is 5.69 Å². The molecule has 0 amide bonds. The minimum atomic E-state index is -0.646. The van der Waals surface area contributed by atoms with Crippen molar-refractivity contribution in [2.45, 2.75) is 33.0 Å². The number of methoxy groups -OCH3 is 2. The van der Waals surface area contributed by atoms with Crippen LogP contribution in [0.15, 0.2) is 42.6 Å². The number of aromatic nitrogens is 2. The summed E-state index contributed by atoms with van der Waals surface area (Å²) in [4.78, 5) is 0. The molecule has 154 valence electrons. The molecule has 7 heteroatoms. The minimum absolute atomic E-state index is 0.0137. The van der Waals surface area contributed by atoms with Crippen molar-refractivity contribution in [3.8, 4) is 11.4 Å². The molecule has 1 unspecified atom stereocenters. The minimum Gasteiger partial charge on any atom is -0.496 e. The number of hydrogen-bond donors (Lipinski definition) is 1. The van der Waals surface area contributed by atoms with E-state index in [9.17, 15) is 8.78 Å². The second-order valence-corrected chi connectivity index (χ2v) is 6.87. The third kappa shape index (κ3) is 4.63. The summed E-state index contributed by atoms with van der Waals surface area (Å²) in [5.41, 5.74) is 4.04. The average molecular weight is 401 g/mol. The van der Waals surface area contributed by atoms with Crippen LogP contribution in [0.5, 0.6) is 5.75 Å². The van der Waals surface area contributed by atoms with Crippen molar-refractivity contribution < 1.29 is 18.3 Å². The lowest BCUT2D eigenvalue weighted by atomic mass is 10.1. The smallest absolute Gasteiger partial charge is 0.151 e. The third-order valence-electron chi connectivity index (χ3n) is 4.91. The number of nitrogens with one attached hydrogen (secondary N) is 1. The van der Waals surface area contributed by atoms with Crippen molar-refractivity contribution in [2.75, 3.05) is 14.2 Å². The first-order chi connectivity index (χ1) is 13.9. The Morgan fingerprint density at radius 1 is 1.14 bits per heavy atom. The highest BCUT2D eigenvalue weighted by molar-refractivity contribution is 5.38. The van der Waals surface area contributed by atoms with Gasteiger partial charge in [-0.3, -0.25) is 0 Å². The summed E-state index contributed by atoms with van der Waals surface area (Å²) in [6.07, 6.45) is 1.71. The molecule has 0 saturated carbocycles. The molecular weight excluding hydrogens is 376 g/mol. The second kappa shape index (κ2) is 9.15. The average Bonchev–Trinajstić information content (AvgIpc) is 3.08. The van der Waals surface area contributed by atoms with E-state index in [1.165, 1.54) is 16.8 Å². The molecular formula is C22H25F2N3O2. The SMILES string of the molecule is COCc1cc(CNC(C)c2cnn(-c3ccc(F)cc3F)c2C)ccc1OC. The van der Waals surface area contributed by atoms with Crippen molar-refractivity contribution in [3.63, 3.8) is 0 Å². The molecule has 0 fully saturated rings. The van der Waals surface area contributed by atoms with E-state index >= 15 is 0 Å². The van der Waals surface area contributed by atoms with E-state index in [0.717, 1.165) is 34.2 Å². The molecule has 3 aromatic rings. The van der Waals surface area contributed by atoms with Crippen molar-refractivity contribution in [1.29, 1.82) is 0 Å². The van der Waals surface area contributed by atoms with Gasteiger partial charge in [-0.05, 0) is 43.7 Å². The standard InChI is InChI=1S/C22H25F2N3O2/c1-14(25-11-16-5-8-22(29-4)17(9-16)13-28-3)19-12-26-27(15(19)2)21-7-6-18(23)10-20(21)24/h5-10,12,14,25H,11,13H2,1-4H3. The van der Waals surface area contributed by atoms with Crippen LogP contribution in [-0.4, -0.2) is 24.0 Å². The molecule has 1 N–H and O–H groups in total. The van der Waals surface area contributed by atoms with Gasteiger partial charge in [-0.1, -0.05) is 6.07 Å². The van der Waals surface area contributed by atoms with Gasteiger partial charge in [0.1, 0.15) is 17.3 Å². The monoisotopic (exact) mass is 401 g/mol. The van der Waals surface area contributed by atoms with Crippen molar-refractivity contribution in [1.82, 2.24) is 15.1 Å². The summed E-state index contributed by atoms with van der Waals surface area (Å²) >= 11 is 0. The number of hydrogen-bond acceptors (Lipinski definition) is 4. The number of benzene rings is 2. The van der Waals surface area contributed by atoms with Gasteiger partial charge in [0.15, 0.2) is 5.82 Å². The van der Waals surface area contributed by atoms with Gasteiger partial charge in [-0.25, -0.2) is 13.5 Å². The molecule has 1 aromatic heterocycles. The molecule has 5 nitrogen and oxygen atoms in total. The summed E-state index contributed by atoms with van der Waals surface area (Å²) < 4.78 is 39.4. The second-order valence-electron chi connectivity index (χ2n) is 6.87. The van der Waals surface area contributed by atoms with Crippen LogP contribution in [-0.2, 0) is 17.9 Å². The van der Waals surface area contributed by atoms with E-state index in [1.807, 2.05) is 32.0 Å². The Hall–Kier alpha value is -2.77. The van der Waals surface area contributed by atoms with Crippen LogP contribution in [0.1, 0.15) is 35.3 Å². The zero-order valence-corrected chi connectivity index (χ0v) is 17.0. The molecule has 0 aliphatic rings. The predicted molar refractivity (Wildman–Crippen MR) is 107 cm³/mol. The van der Waals surface area contributed by atoms with E-state index in [-0.39, 0.29) is 11.7 Å².